The lowest BCUT2D eigenvalue weighted by Crippen LogP contribution is -2.02. The van der Waals surface area contributed by atoms with Crippen LogP contribution in [0.25, 0.3) is 0 Å². The molecule has 74 valence electrons. The highest BCUT2D eigenvalue weighted by atomic mass is 19.1. The van der Waals surface area contributed by atoms with Crippen molar-refractivity contribution < 1.29 is 9.13 Å². The summed E-state index contributed by atoms with van der Waals surface area (Å²) in [4.78, 5) is 0. The average Bonchev–Trinajstić information content (AvgIpc) is 2.21. The van der Waals surface area contributed by atoms with E-state index in [-0.39, 0.29) is 5.82 Å². The Morgan fingerprint density at radius 3 is 3.00 bits per heavy atom. The van der Waals surface area contributed by atoms with E-state index in [2.05, 4.69) is 11.2 Å². The number of hydrogen-bond donors (Lipinski definition) is 1. The minimum atomic E-state index is -0.303. The Morgan fingerprint density at radius 1 is 1.57 bits per heavy atom. The Balaban J connectivity index is 2.69. The molecule has 0 radical (unpaired) electrons. The summed E-state index contributed by atoms with van der Waals surface area (Å²) < 4.78 is 18.1. The van der Waals surface area contributed by atoms with Crippen molar-refractivity contribution in [3.05, 3.63) is 24.0 Å². The first-order valence-electron chi connectivity index (χ1n) is 4.29. The van der Waals surface area contributed by atoms with Gasteiger partial charge in [0, 0.05) is 19.0 Å². The molecule has 0 aliphatic carbocycles. The van der Waals surface area contributed by atoms with Gasteiger partial charge in [0.05, 0.1) is 12.8 Å². The third-order valence-corrected chi connectivity index (χ3v) is 1.76. The summed E-state index contributed by atoms with van der Waals surface area (Å²) in [6.07, 6.45) is 5.64. The molecular formula is C11H12FNO. The van der Waals surface area contributed by atoms with E-state index >= 15 is 0 Å². The summed E-state index contributed by atoms with van der Waals surface area (Å²) in [6.45, 7) is 0.556. The van der Waals surface area contributed by atoms with Gasteiger partial charge >= 0.3 is 0 Å². The molecule has 0 aliphatic rings. The van der Waals surface area contributed by atoms with Gasteiger partial charge in [0.25, 0.3) is 0 Å². The fraction of sp³-hybridized carbons (Fsp3) is 0.273. The van der Waals surface area contributed by atoms with Crippen LogP contribution in [-0.4, -0.2) is 13.7 Å². The number of rotatable bonds is 4. The van der Waals surface area contributed by atoms with Gasteiger partial charge in [-0.25, -0.2) is 4.39 Å². The van der Waals surface area contributed by atoms with Crippen LogP contribution < -0.4 is 10.1 Å². The number of terminal acetylenes is 1. The molecule has 1 aromatic rings. The molecule has 0 saturated heterocycles. The monoisotopic (exact) mass is 193 g/mol. The maximum atomic E-state index is 13.2. The summed E-state index contributed by atoms with van der Waals surface area (Å²) in [7, 11) is 1.54. The maximum absolute atomic E-state index is 13.2. The number of benzene rings is 1. The predicted octanol–water partition coefficient (Wildman–Crippen LogP) is 2.27. The van der Waals surface area contributed by atoms with Crippen molar-refractivity contribution in [1.29, 1.82) is 0 Å². The molecule has 0 atom stereocenters. The first-order valence-corrected chi connectivity index (χ1v) is 4.29. The first-order chi connectivity index (χ1) is 6.77. The van der Waals surface area contributed by atoms with Crippen molar-refractivity contribution in [2.45, 2.75) is 6.42 Å². The van der Waals surface area contributed by atoms with E-state index in [1.165, 1.54) is 6.07 Å². The third-order valence-electron chi connectivity index (χ3n) is 1.76. The molecule has 3 heteroatoms. The molecule has 0 aliphatic heterocycles. The second kappa shape index (κ2) is 5.13. The smallest absolute Gasteiger partial charge is 0.146 e. The van der Waals surface area contributed by atoms with Gasteiger partial charge in [-0.1, -0.05) is 0 Å². The summed E-state index contributed by atoms with van der Waals surface area (Å²) in [6, 6.07) is 4.53. The number of halogens is 1. The van der Waals surface area contributed by atoms with E-state index in [0.717, 1.165) is 0 Å². The minimum Gasteiger partial charge on any atom is -0.497 e. The molecule has 0 aromatic heterocycles. The third kappa shape index (κ3) is 2.67. The van der Waals surface area contributed by atoms with Crippen LogP contribution in [0.2, 0.25) is 0 Å². The molecule has 1 aromatic carbocycles. The van der Waals surface area contributed by atoms with Gasteiger partial charge in [-0.2, -0.15) is 0 Å². The zero-order valence-corrected chi connectivity index (χ0v) is 8.01. The highest BCUT2D eigenvalue weighted by Gasteiger charge is 2.02. The Hall–Kier alpha value is -1.69. The van der Waals surface area contributed by atoms with Crippen molar-refractivity contribution in [3.63, 3.8) is 0 Å². The highest BCUT2D eigenvalue weighted by Crippen LogP contribution is 2.20. The molecular weight excluding hydrogens is 181 g/mol. The first kappa shape index (κ1) is 10.4. The summed E-state index contributed by atoms with van der Waals surface area (Å²) in [5.41, 5.74) is 0.416. The van der Waals surface area contributed by atoms with E-state index in [4.69, 9.17) is 11.2 Å². The molecule has 0 heterocycles. The van der Waals surface area contributed by atoms with Crippen LogP contribution in [-0.2, 0) is 0 Å². The Morgan fingerprint density at radius 2 is 2.36 bits per heavy atom. The SMILES string of the molecule is C#CCCNc1cc(OC)ccc1F. The summed E-state index contributed by atoms with van der Waals surface area (Å²) in [5.74, 6) is 2.79. The molecule has 0 unspecified atom stereocenters. The lowest BCUT2D eigenvalue weighted by atomic mass is 10.3. The van der Waals surface area contributed by atoms with Gasteiger partial charge < -0.3 is 10.1 Å². The minimum absolute atomic E-state index is 0.303. The largest absolute Gasteiger partial charge is 0.497 e. The number of methoxy groups -OCH3 is 1. The lowest BCUT2D eigenvalue weighted by Gasteiger charge is -2.07. The highest BCUT2D eigenvalue weighted by molar-refractivity contribution is 5.49. The average molecular weight is 193 g/mol. The van der Waals surface area contributed by atoms with Gasteiger partial charge in [0.1, 0.15) is 11.6 Å². The van der Waals surface area contributed by atoms with E-state index < -0.39 is 0 Å². The molecule has 0 bridgehead atoms. The van der Waals surface area contributed by atoms with Crippen LogP contribution >= 0.6 is 0 Å². The van der Waals surface area contributed by atoms with Crippen LogP contribution in [0.1, 0.15) is 6.42 Å². The maximum Gasteiger partial charge on any atom is 0.146 e. The van der Waals surface area contributed by atoms with E-state index in [9.17, 15) is 4.39 Å². The number of nitrogens with one attached hydrogen (secondary N) is 1. The Kier molecular flexibility index (Phi) is 3.81. The fourth-order valence-electron chi connectivity index (χ4n) is 1.04. The quantitative estimate of drug-likeness (QED) is 0.585. The van der Waals surface area contributed by atoms with Gasteiger partial charge in [-0.15, -0.1) is 12.3 Å². The molecule has 0 saturated carbocycles. The van der Waals surface area contributed by atoms with E-state index in [0.29, 0.717) is 24.4 Å². The van der Waals surface area contributed by atoms with Crippen molar-refractivity contribution in [1.82, 2.24) is 0 Å². The zero-order chi connectivity index (χ0) is 10.4. The Labute approximate surface area is 83.1 Å². The molecule has 2 nitrogen and oxygen atoms in total. The number of hydrogen-bond acceptors (Lipinski definition) is 2. The van der Waals surface area contributed by atoms with Crippen LogP contribution in [0.15, 0.2) is 18.2 Å². The second-order valence-corrected chi connectivity index (χ2v) is 2.73. The van der Waals surface area contributed by atoms with Crippen LogP contribution in [0.5, 0.6) is 5.75 Å². The van der Waals surface area contributed by atoms with Crippen molar-refractivity contribution in [2.75, 3.05) is 19.0 Å². The van der Waals surface area contributed by atoms with Gasteiger partial charge in [-0.3, -0.25) is 0 Å². The molecule has 14 heavy (non-hydrogen) atoms. The van der Waals surface area contributed by atoms with Crippen molar-refractivity contribution in [2.24, 2.45) is 0 Å². The number of anilines is 1. The topological polar surface area (TPSA) is 21.3 Å². The van der Waals surface area contributed by atoms with Gasteiger partial charge in [0.2, 0.25) is 0 Å². The molecule has 0 amide bonds. The van der Waals surface area contributed by atoms with Gasteiger partial charge in [0.15, 0.2) is 0 Å². The lowest BCUT2D eigenvalue weighted by molar-refractivity contribution is 0.414. The molecule has 0 spiro atoms. The molecule has 1 N–H and O–H groups in total. The van der Waals surface area contributed by atoms with Crippen LogP contribution in [0.3, 0.4) is 0 Å². The molecule has 1 rings (SSSR count). The predicted molar refractivity (Wildman–Crippen MR) is 54.9 cm³/mol. The van der Waals surface area contributed by atoms with Crippen molar-refractivity contribution >= 4 is 5.69 Å². The fourth-order valence-corrected chi connectivity index (χ4v) is 1.04. The van der Waals surface area contributed by atoms with Crippen molar-refractivity contribution in [3.8, 4) is 18.1 Å². The Bertz CT molecular complexity index is 344. The van der Waals surface area contributed by atoms with E-state index in [1.807, 2.05) is 0 Å². The second-order valence-electron chi connectivity index (χ2n) is 2.73. The van der Waals surface area contributed by atoms with Crippen LogP contribution in [0.4, 0.5) is 10.1 Å². The van der Waals surface area contributed by atoms with E-state index in [1.54, 1.807) is 19.2 Å². The normalized spacial score (nSPS) is 9.21. The zero-order valence-electron chi connectivity index (χ0n) is 8.01. The summed E-state index contributed by atoms with van der Waals surface area (Å²) >= 11 is 0. The standard InChI is InChI=1S/C11H12FNO/c1-3-4-7-13-11-8-9(14-2)5-6-10(11)12/h1,5-6,8,13H,4,7H2,2H3. The summed E-state index contributed by atoms with van der Waals surface area (Å²) in [5, 5.41) is 2.89. The molecule has 0 fully saturated rings. The van der Waals surface area contributed by atoms with Gasteiger partial charge in [-0.05, 0) is 12.1 Å². The van der Waals surface area contributed by atoms with Crippen LogP contribution in [0, 0.1) is 18.2 Å². The number of ether oxygens (including phenoxy) is 1.